The van der Waals surface area contributed by atoms with Crippen molar-refractivity contribution < 1.29 is 0 Å². The molecule has 1 unspecified atom stereocenters. The maximum atomic E-state index is 5.98. The molecule has 1 aromatic heterocycles. The standard InChI is InChI=1S/C10H13ClN2S/c11-9-4-1-5-12-10(9)13-7-8-3-2-6-14-8/h1,4-5,8H,2-3,6-7H2,(H,12,13). The van der Waals surface area contributed by atoms with Crippen molar-refractivity contribution >= 4 is 29.2 Å². The van der Waals surface area contributed by atoms with Crippen LogP contribution in [0, 0.1) is 0 Å². The zero-order valence-corrected chi connectivity index (χ0v) is 9.44. The number of hydrogen-bond acceptors (Lipinski definition) is 3. The lowest BCUT2D eigenvalue weighted by atomic mass is 10.2. The van der Waals surface area contributed by atoms with Crippen LogP contribution in [0.25, 0.3) is 0 Å². The lowest BCUT2D eigenvalue weighted by molar-refractivity contribution is 0.803. The molecule has 0 saturated carbocycles. The Bertz CT molecular complexity index is 300. The highest BCUT2D eigenvalue weighted by Gasteiger charge is 2.15. The van der Waals surface area contributed by atoms with Crippen molar-refractivity contribution in [2.24, 2.45) is 0 Å². The topological polar surface area (TPSA) is 24.9 Å². The fraction of sp³-hybridized carbons (Fsp3) is 0.500. The van der Waals surface area contributed by atoms with Gasteiger partial charge in [0.05, 0.1) is 5.02 Å². The van der Waals surface area contributed by atoms with E-state index in [9.17, 15) is 0 Å². The summed E-state index contributed by atoms with van der Waals surface area (Å²) in [5.74, 6) is 2.10. The number of hydrogen-bond donors (Lipinski definition) is 1. The molecule has 1 aliphatic heterocycles. The smallest absolute Gasteiger partial charge is 0.144 e. The summed E-state index contributed by atoms with van der Waals surface area (Å²) in [5, 5.41) is 4.72. The van der Waals surface area contributed by atoms with Crippen molar-refractivity contribution in [1.29, 1.82) is 0 Å². The SMILES string of the molecule is Clc1cccnc1NCC1CCCS1. The molecule has 0 bridgehead atoms. The molecule has 0 spiro atoms. The molecular weight excluding hydrogens is 216 g/mol. The van der Waals surface area contributed by atoms with Gasteiger partial charge in [0.1, 0.15) is 5.82 Å². The number of halogens is 1. The van der Waals surface area contributed by atoms with Gasteiger partial charge in [0.2, 0.25) is 0 Å². The summed E-state index contributed by atoms with van der Waals surface area (Å²) in [6.07, 6.45) is 4.41. The largest absolute Gasteiger partial charge is 0.368 e. The van der Waals surface area contributed by atoms with Crippen LogP contribution in [0.3, 0.4) is 0 Å². The van der Waals surface area contributed by atoms with E-state index in [-0.39, 0.29) is 0 Å². The molecule has 1 aromatic rings. The summed E-state index contributed by atoms with van der Waals surface area (Å²) < 4.78 is 0. The first-order valence-corrected chi connectivity index (χ1v) is 6.25. The second kappa shape index (κ2) is 4.89. The van der Waals surface area contributed by atoms with E-state index in [1.807, 2.05) is 23.9 Å². The van der Waals surface area contributed by atoms with E-state index in [0.29, 0.717) is 5.02 Å². The van der Waals surface area contributed by atoms with Crippen molar-refractivity contribution in [3.8, 4) is 0 Å². The number of aromatic nitrogens is 1. The summed E-state index contributed by atoms with van der Waals surface area (Å²) in [5.41, 5.74) is 0. The summed E-state index contributed by atoms with van der Waals surface area (Å²) >= 11 is 8.01. The molecule has 2 nitrogen and oxygen atoms in total. The molecule has 4 heteroatoms. The van der Waals surface area contributed by atoms with Gasteiger partial charge in [0.25, 0.3) is 0 Å². The second-order valence-corrected chi connectivity index (χ2v) is 5.17. The Morgan fingerprint density at radius 3 is 3.29 bits per heavy atom. The van der Waals surface area contributed by atoms with Crippen LogP contribution < -0.4 is 5.32 Å². The lowest BCUT2D eigenvalue weighted by Crippen LogP contribution is -2.14. The third-order valence-corrected chi connectivity index (χ3v) is 3.98. The van der Waals surface area contributed by atoms with Crippen molar-refractivity contribution in [1.82, 2.24) is 4.98 Å². The molecule has 2 rings (SSSR count). The van der Waals surface area contributed by atoms with E-state index in [2.05, 4.69) is 10.3 Å². The zero-order valence-electron chi connectivity index (χ0n) is 7.87. The summed E-state index contributed by atoms with van der Waals surface area (Å²) in [6, 6.07) is 3.70. The molecular formula is C10H13ClN2S. The van der Waals surface area contributed by atoms with Gasteiger partial charge >= 0.3 is 0 Å². The Kier molecular flexibility index (Phi) is 3.54. The van der Waals surface area contributed by atoms with Crippen LogP contribution in [-0.4, -0.2) is 22.5 Å². The highest BCUT2D eigenvalue weighted by Crippen LogP contribution is 2.27. The minimum Gasteiger partial charge on any atom is -0.368 e. The fourth-order valence-electron chi connectivity index (χ4n) is 1.53. The van der Waals surface area contributed by atoms with E-state index >= 15 is 0 Å². The molecule has 1 N–H and O–H groups in total. The lowest BCUT2D eigenvalue weighted by Gasteiger charge is -2.11. The Balaban J connectivity index is 1.88. The van der Waals surface area contributed by atoms with Gasteiger partial charge in [-0.25, -0.2) is 4.98 Å². The average molecular weight is 229 g/mol. The minimum atomic E-state index is 0.704. The summed E-state index contributed by atoms with van der Waals surface area (Å²) in [6.45, 7) is 0.974. The molecule has 0 radical (unpaired) electrons. The third kappa shape index (κ3) is 2.55. The van der Waals surface area contributed by atoms with E-state index < -0.39 is 0 Å². The van der Waals surface area contributed by atoms with Gasteiger partial charge in [0.15, 0.2) is 0 Å². The molecule has 1 fully saturated rings. The summed E-state index contributed by atoms with van der Waals surface area (Å²) in [4.78, 5) is 4.19. The van der Waals surface area contributed by atoms with E-state index in [1.54, 1.807) is 6.20 Å². The molecule has 1 aliphatic rings. The molecule has 76 valence electrons. The first-order valence-electron chi connectivity index (χ1n) is 4.82. The van der Waals surface area contributed by atoms with Crippen LogP contribution in [0.1, 0.15) is 12.8 Å². The molecule has 1 saturated heterocycles. The second-order valence-electron chi connectivity index (χ2n) is 3.35. The van der Waals surface area contributed by atoms with Gasteiger partial charge in [-0.2, -0.15) is 11.8 Å². The minimum absolute atomic E-state index is 0.704. The van der Waals surface area contributed by atoms with Gasteiger partial charge < -0.3 is 5.32 Å². The molecule has 0 aliphatic carbocycles. The van der Waals surface area contributed by atoms with Gasteiger partial charge in [-0.1, -0.05) is 11.6 Å². The van der Waals surface area contributed by atoms with E-state index in [4.69, 9.17) is 11.6 Å². The Labute approximate surface area is 93.4 Å². The first kappa shape index (κ1) is 10.1. The number of thioether (sulfide) groups is 1. The molecule has 1 atom stereocenters. The average Bonchev–Trinajstić information content (AvgIpc) is 2.69. The highest BCUT2D eigenvalue weighted by molar-refractivity contribution is 8.00. The van der Waals surface area contributed by atoms with Crippen molar-refractivity contribution in [2.75, 3.05) is 17.6 Å². The van der Waals surface area contributed by atoms with Gasteiger partial charge in [0, 0.05) is 18.0 Å². The van der Waals surface area contributed by atoms with Gasteiger partial charge in [-0.15, -0.1) is 0 Å². The first-order chi connectivity index (χ1) is 6.86. The Morgan fingerprint density at radius 2 is 2.57 bits per heavy atom. The fourth-order valence-corrected chi connectivity index (χ4v) is 2.92. The normalized spacial score (nSPS) is 21.1. The molecule has 0 amide bonds. The third-order valence-electron chi connectivity index (χ3n) is 2.28. The number of nitrogens with one attached hydrogen (secondary N) is 1. The molecule has 14 heavy (non-hydrogen) atoms. The number of anilines is 1. The Morgan fingerprint density at radius 1 is 1.64 bits per heavy atom. The predicted molar refractivity (Wildman–Crippen MR) is 63.2 cm³/mol. The maximum absolute atomic E-state index is 5.98. The monoisotopic (exact) mass is 228 g/mol. The number of nitrogens with zero attached hydrogens (tertiary/aromatic N) is 1. The van der Waals surface area contributed by atoms with Crippen LogP contribution in [0.2, 0.25) is 5.02 Å². The number of pyridine rings is 1. The van der Waals surface area contributed by atoms with E-state index in [0.717, 1.165) is 17.6 Å². The van der Waals surface area contributed by atoms with Gasteiger partial charge in [-0.05, 0) is 30.7 Å². The predicted octanol–water partition coefficient (Wildman–Crippen LogP) is 3.04. The van der Waals surface area contributed by atoms with E-state index in [1.165, 1.54) is 18.6 Å². The maximum Gasteiger partial charge on any atom is 0.144 e. The quantitative estimate of drug-likeness (QED) is 0.861. The molecule has 0 aromatic carbocycles. The van der Waals surface area contributed by atoms with Crippen LogP contribution >= 0.6 is 23.4 Å². The van der Waals surface area contributed by atoms with Crippen LogP contribution in [0.4, 0.5) is 5.82 Å². The zero-order chi connectivity index (χ0) is 9.80. The van der Waals surface area contributed by atoms with Crippen molar-refractivity contribution in [3.63, 3.8) is 0 Å². The van der Waals surface area contributed by atoms with Crippen LogP contribution in [0.5, 0.6) is 0 Å². The van der Waals surface area contributed by atoms with Gasteiger partial charge in [-0.3, -0.25) is 0 Å². The highest BCUT2D eigenvalue weighted by atomic mass is 35.5. The van der Waals surface area contributed by atoms with Crippen molar-refractivity contribution in [3.05, 3.63) is 23.4 Å². The molecule has 2 heterocycles. The summed E-state index contributed by atoms with van der Waals surface area (Å²) in [7, 11) is 0. The Hall–Kier alpha value is -0.410. The van der Waals surface area contributed by atoms with Crippen LogP contribution in [0.15, 0.2) is 18.3 Å². The van der Waals surface area contributed by atoms with Crippen LogP contribution in [-0.2, 0) is 0 Å². The number of rotatable bonds is 3. The van der Waals surface area contributed by atoms with Crippen molar-refractivity contribution in [2.45, 2.75) is 18.1 Å².